The molecule has 0 saturated heterocycles. The fourth-order valence-electron chi connectivity index (χ4n) is 6.38. The number of aromatic carboxylic acids is 1. The highest BCUT2D eigenvalue weighted by Gasteiger charge is 2.29. The van der Waals surface area contributed by atoms with Crippen molar-refractivity contribution in [3.8, 4) is 39.5 Å². The molecule has 0 amide bonds. The van der Waals surface area contributed by atoms with Gasteiger partial charge in [0.1, 0.15) is 29.5 Å². The third kappa shape index (κ3) is 15.6. The van der Waals surface area contributed by atoms with Crippen LogP contribution in [0.25, 0.3) is 22.3 Å². The maximum absolute atomic E-state index is 12.7. The van der Waals surface area contributed by atoms with Crippen LogP contribution in [0.3, 0.4) is 0 Å². The average Bonchev–Trinajstić information content (AvgIpc) is 3.18. The number of phenolic OH excluding ortho intramolecular Hbond substituents is 1. The van der Waals surface area contributed by atoms with Crippen LogP contribution < -0.4 is 9.47 Å². The molecule has 0 aliphatic heterocycles. The fraction of sp³-hybridized carbons (Fsp3) is 0.596. The monoisotopic (exact) mass is 721 g/mol. The summed E-state index contributed by atoms with van der Waals surface area (Å²) in [5, 5.41) is 21.1. The highest BCUT2D eigenvalue weighted by atomic mass is 16.5. The van der Waals surface area contributed by atoms with Crippen molar-refractivity contribution < 1.29 is 24.5 Å². The molecule has 294 valence electrons. The van der Waals surface area contributed by atoms with Gasteiger partial charge in [-0.25, -0.2) is 4.79 Å². The Hall–Kier alpha value is -3.47. The molecule has 0 spiro atoms. The summed E-state index contributed by atoms with van der Waals surface area (Å²) >= 11 is 0. The molecule has 4 rings (SSSR count). The van der Waals surface area contributed by atoms with Gasteiger partial charge in [0.2, 0.25) is 0 Å². The summed E-state index contributed by atoms with van der Waals surface area (Å²) in [6.45, 7) is 27.4. The van der Waals surface area contributed by atoms with Crippen molar-refractivity contribution >= 4 is 5.97 Å². The third-order valence-corrected chi connectivity index (χ3v) is 9.72. The molecule has 2 N–H and O–H groups in total. The van der Waals surface area contributed by atoms with Gasteiger partial charge in [0, 0.05) is 11.1 Å². The van der Waals surface area contributed by atoms with E-state index in [-0.39, 0.29) is 23.5 Å². The number of unbranched alkanes of at least 4 members (excludes halogenated alkanes) is 4. The second-order valence-electron chi connectivity index (χ2n) is 13.2. The summed E-state index contributed by atoms with van der Waals surface area (Å²) in [6.07, 6.45) is 12.5. The number of ether oxygens (including phenoxy) is 2. The van der Waals surface area contributed by atoms with Crippen molar-refractivity contribution in [2.75, 3.05) is 0 Å². The lowest BCUT2D eigenvalue weighted by atomic mass is 9.79. The summed E-state index contributed by atoms with van der Waals surface area (Å²) in [4.78, 5) is 12.7. The molecule has 0 heterocycles. The fourth-order valence-corrected chi connectivity index (χ4v) is 6.38. The summed E-state index contributed by atoms with van der Waals surface area (Å²) in [5.74, 6) is 1.80. The van der Waals surface area contributed by atoms with Crippen LogP contribution in [0.4, 0.5) is 0 Å². The SMILES string of the molecule is CC.CC.CC.CCC(C)C(CC)Oc1cccc(-c2cc(O)cc(-c3cccc(OC4CCCC(C)C4C)c3)c2C(=O)O)c1.CCCCCCC. The summed E-state index contributed by atoms with van der Waals surface area (Å²) in [6, 6.07) is 18.1. The van der Waals surface area contributed by atoms with Crippen LogP contribution in [-0.2, 0) is 0 Å². The zero-order valence-corrected chi connectivity index (χ0v) is 35.4. The normalized spacial score (nSPS) is 17.1. The van der Waals surface area contributed by atoms with Crippen LogP contribution in [0.2, 0.25) is 0 Å². The molecule has 0 radical (unpaired) electrons. The number of benzene rings is 3. The van der Waals surface area contributed by atoms with Gasteiger partial charge in [-0.1, -0.05) is 159 Å². The van der Waals surface area contributed by atoms with Gasteiger partial charge >= 0.3 is 5.97 Å². The van der Waals surface area contributed by atoms with E-state index in [2.05, 4.69) is 48.5 Å². The Bertz CT molecular complexity index is 1360. The maximum atomic E-state index is 12.7. The van der Waals surface area contributed by atoms with Gasteiger partial charge < -0.3 is 19.7 Å². The standard InChI is InChI=1S/C34H42O5.C7H16.3C2H6/c1-6-21(3)31(7-2)38-27-14-9-12-24(17-27)29-19-26(35)20-30(33(29)34(36)37)25-13-10-15-28(18-25)39-32-16-8-11-22(4)23(32)5;1-3-5-7-6-4-2;3*1-2/h9-10,12-15,17-23,31-32,35H,6-8,11,16H2,1-5H3,(H,36,37);3-7H2,1-2H3;3*1-2H3. The zero-order valence-electron chi connectivity index (χ0n) is 35.4. The summed E-state index contributed by atoms with van der Waals surface area (Å²) in [5.41, 5.74) is 2.40. The van der Waals surface area contributed by atoms with Crippen LogP contribution in [0.1, 0.15) is 165 Å². The number of carboxylic acid groups (broad SMARTS) is 1. The number of phenols is 1. The number of carbonyl (C=O) groups is 1. The molecule has 5 heteroatoms. The molecular weight excluding hydrogens is 645 g/mol. The first-order valence-electron chi connectivity index (χ1n) is 20.8. The lowest BCUT2D eigenvalue weighted by molar-refractivity contribution is 0.0690. The Kier molecular flexibility index (Phi) is 26.2. The van der Waals surface area contributed by atoms with Crippen molar-refractivity contribution in [2.24, 2.45) is 17.8 Å². The third-order valence-electron chi connectivity index (χ3n) is 9.72. The summed E-state index contributed by atoms with van der Waals surface area (Å²) in [7, 11) is 0. The van der Waals surface area contributed by atoms with Crippen LogP contribution in [-0.4, -0.2) is 28.4 Å². The Morgan fingerprint density at radius 2 is 1.27 bits per heavy atom. The number of rotatable bonds is 14. The molecule has 1 fully saturated rings. The minimum atomic E-state index is -1.06. The first-order chi connectivity index (χ1) is 25.1. The van der Waals surface area contributed by atoms with E-state index in [1.807, 2.05) is 90.1 Å². The molecule has 5 unspecified atom stereocenters. The van der Waals surface area contributed by atoms with E-state index in [1.165, 1.54) is 50.7 Å². The Morgan fingerprint density at radius 1 is 0.750 bits per heavy atom. The van der Waals surface area contributed by atoms with Gasteiger partial charge in [-0.2, -0.15) is 0 Å². The Labute approximate surface area is 319 Å². The van der Waals surface area contributed by atoms with E-state index >= 15 is 0 Å². The molecule has 52 heavy (non-hydrogen) atoms. The molecule has 0 aromatic heterocycles. The van der Waals surface area contributed by atoms with Gasteiger partial charge in [0.15, 0.2) is 0 Å². The molecule has 1 aliphatic rings. The number of hydrogen-bond donors (Lipinski definition) is 2. The van der Waals surface area contributed by atoms with E-state index in [0.29, 0.717) is 51.5 Å². The molecule has 1 saturated carbocycles. The highest BCUT2D eigenvalue weighted by molar-refractivity contribution is 6.03. The van der Waals surface area contributed by atoms with Crippen molar-refractivity contribution in [1.82, 2.24) is 0 Å². The molecule has 3 aromatic carbocycles. The lowest BCUT2D eigenvalue weighted by Crippen LogP contribution is -2.33. The first kappa shape index (κ1) is 48.5. The van der Waals surface area contributed by atoms with Crippen LogP contribution in [0.15, 0.2) is 60.7 Å². The van der Waals surface area contributed by atoms with Crippen LogP contribution in [0, 0.1) is 17.8 Å². The van der Waals surface area contributed by atoms with E-state index in [4.69, 9.17) is 9.47 Å². The van der Waals surface area contributed by atoms with Crippen molar-refractivity contribution in [3.63, 3.8) is 0 Å². The quantitative estimate of drug-likeness (QED) is 0.162. The van der Waals surface area contributed by atoms with Gasteiger partial charge in [-0.3, -0.25) is 0 Å². The number of carboxylic acids is 1. The summed E-state index contributed by atoms with van der Waals surface area (Å²) < 4.78 is 12.7. The second-order valence-corrected chi connectivity index (χ2v) is 13.2. The first-order valence-corrected chi connectivity index (χ1v) is 20.8. The molecule has 0 bridgehead atoms. The van der Waals surface area contributed by atoms with Crippen molar-refractivity contribution in [1.29, 1.82) is 0 Å². The smallest absolute Gasteiger partial charge is 0.336 e. The topological polar surface area (TPSA) is 76.0 Å². The Balaban J connectivity index is 0.00000175. The van der Waals surface area contributed by atoms with E-state index in [0.717, 1.165) is 25.7 Å². The van der Waals surface area contributed by atoms with Gasteiger partial charge in [-0.05, 0) is 84.5 Å². The van der Waals surface area contributed by atoms with E-state index in [1.54, 1.807) is 0 Å². The predicted octanol–water partition coefficient (Wildman–Crippen LogP) is 14.9. The minimum Gasteiger partial charge on any atom is -0.508 e. The highest BCUT2D eigenvalue weighted by Crippen LogP contribution is 2.39. The van der Waals surface area contributed by atoms with Crippen molar-refractivity contribution in [3.05, 3.63) is 66.2 Å². The maximum Gasteiger partial charge on any atom is 0.336 e. The van der Waals surface area contributed by atoms with Gasteiger partial charge in [0.25, 0.3) is 0 Å². The Morgan fingerprint density at radius 3 is 1.75 bits per heavy atom. The number of hydrogen-bond acceptors (Lipinski definition) is 4. The molecular formula is C47H76O5. The zero-order chi connectivity index (χ0) is 39.6. The molecule has 5 atom stereocenters. The van der Waals surface area contributed by atoms with Crippen LogP contribution >= 0.6 is 0 Å². The minimum absolute atomic E-state index is 0.00316. The van der Waals surface area contributed by atoms with Gasteiger partial charge in [-0.15, -0.1) is 0 Å². The lowest BCUT2D eigenvalue weighted by Gasteiger charge is -2.34. The largest absolute Gasteiger partial charge is 0.508 e. The van der Waals surface area contributed by atoms with Gasteiger partial charge in [0.05, 0.1) is 5.56 Å². The van der Waals surface area contributed by atoms with E-state index < -0.39 is 5.97 Å². The van der Waals surface area contributed by atoms with E-state index in [9.17, 15) is 15.0 Å². The van der Waals surface area contributed by atoms with Crippen LogP contribution in [0.5, 0.6) is 17.2 Å². The molecule has 5 nitrogen and oxygen atoms in total. The molecule has 1 aliphatic carbocycles. The average molecular weight is 721 g/mol. The number of aromatic hydroxyl groups is 1. The van der Waals surface area contributed by atoms with Crippen molar-refractivity contribution in [2.45, 2.75) is 166 Å². The second kappa shape index (κ2) is 28.1. The molecule has 3 aromatic rings. The predicted molar refractivity (Wildman–Crippen MR) is 225 cm³/mol.